The lowest BCUT2D eigenvalue weighted by molar-refractivity contribution is -0.141. The molecule has 3 aromatic rings. The van der Waals surface area contributed by atoms with E-state index >= 15 is 0 Å². The molecular formula is C25H24N4O5S. The third-order valence-electron chi connectivity index (χ3n) is 6.35. The number of carboxylic acids is 1. The Morgan fingerprint density at radius 3 is 2.43 bits per heavy atom. The number of hydrogen-bond acceptors (Lipinski definition) is 6. The number of carbonyl (C=O) groups excluding carboxylic acids is 2. The van der Waals surface area contributed by atoms with E-state index in [1.807, 2.05) is 36.4 Å². The topological polar surface area (TPSA) is 114 Å². The van der Waals surface area contributed by atoms with E-state index in [0.29, 0.717) is 18.1 Å². The number of thioether (sulfide) groups is 1. The van der Waals surface area contributed by atoms with Gasteiger partial charge in [-0.25, -0.2) is 9.59 Å². The van der Waals surface area contributed by atoms with Crippen LogP contribution < -0.4 is 5.32 Å². The van der Waals surface area contributed by atoms with E-state index in [2.05, 4.69) is 22.5 Å². The van der Waals surface area contributed by atoms with E-state index < -0.39 is 24.0 Å². The molecule has 0 radical (unpaired) electrons. The molecule has 2 aliphatic rings. The van der Waals surface area contributed by atoms with Crippen molar-refractivity contribution in [2.75, 3.05) is 30.0 Å². The van der Waals surface area contributed by atoms with Crippen LogP contribution in [0.25, 0.3) is 11.1 Å². The quantitative estimate of drug-likeness (QED) is 0.561. The van der Waals surface area contributed by atoms with Crippen molar-refractivity contribution in [2.45, 2.75) is 12.0 Å². The van der Waals surface area contributed by atoms with Crippen LogP contribution in [0.1, 0.15) is 27.5 Å². The van der Waals surface area contributed by atoms with Gasteiger partial charge in [-0.3, -0.25) is 14.8 Å². The highest BCUT2D eigenvalue weighted by Crippen LogP contribution is 2.44. The second kappa shape index (κ2) is 9.46. The van der Waals surface area contributed by atoms with Crippen molar-refractivity contribution in [3.63, 3.8) is 0 Å². The Labute approximate surface area is 206 Å². The minimum Gasteiger partial charge on any atom is -0.480 e. The lowest BCUT2D eigenvalue weighted by atomic mass is 9.98. The second-order valence-electron chi connectivity index (χ2n) is 8.42. The number of ether oxygens (including phenoxy) is 1. The van der Waals surface area contributed by atoms with Crippen molar-refractivity contribution in [2.24, 2.45) is 7.05 Å². The van der Waals surface area contributed by atoms with Crippen molar-refractivity contribution in [1.29, 1.82) is 0 Å². The first kappa shape index (κ1) is 23.0. The van der Waals surface area contributed by atoms with Crippen LogP contribution in [0.15, 0.2) is 54.6 Å². The number of rotatable bonds is 5. The highest BCUT2D eigenvalue weighted by Gasteiger charge is 2.34. The van der Waals surface area contributed by atoms with Gasteiger partial charge in [0.15, 0.2) is 5.82 Å². The van der Waals surface area contributed by atoms with Gasteiger partial charge in [0.2, 0.25) is 0 Å². The van der Waals surface area contributed by atoms with Crippen LogP contribution in [-0.2, 0) is 16.6 Å². The molecule has 0 bridgehead atoms. The molecule has 1 unspecified atom stereocenters. The summed E-state index contributed by atoms with van der Waals surface area (Å²) in [5, 5.41) is 16.2. The first-order valence-corrected chi connectivity index (χ1v) is 12.4. The lowest BCUT2D eigenvalue weighted by Gasteiger charge is -2.32. The standard InChI is InChI=1S/C25H24N4O5S/c1-28-20(23(30)29-10-11-35-14-21(29)24(31)32)12-22(27-28)26-25(33)34-13-19-17-8-4-2-6-15(17)16-7-3-5-9-18(16)19/h2-9,12,19,21H,10-11,13-14H2,1H3,(H,31,32)(H,26,27,33). The molecule has 35 heavy (non-hydrogen) atoms. The highest BCUT2D eigenvalue weighted by molar-refractivity contribution is 7.99. The summed E-state index contributed by atoms with van der Waals surface area (Å²) in [5.74, 6) is -0.384. The molecule has 2 aromatic carbocycles. The largest absolute Gasteiger partial charge is 0.480 e. The van der Waals surface area contributed by atoms with Crippen LogP contribution in [0.3, 0.4) is 0 Å². The number of benzene rings is 2. The zero-order chi connectivity index (χ0) is 24.5. The summed E-state index contributed by atoms with van der Waals surface area (Å²) in [7, 11) is 1.57. The molecule has 1 aliphatic heterocycles. The van der Waals surface area contributed by atoms with E-state index in [0.717, 1.165) is 22.3 Å². The van der Waals surface area contributed by atoms with Crippen LogP contribution in [-0.4, -0.2) is 68.5 Å². The fraction of sp³-hybridized carbons (Fsp3) is 0.280. The molecule has 2 amide bonds. The molecule has 2 heterocycles. The molecule has 1 aliphatic carbocycles. The first-order chi connectivity index (χ1) is 16.9. The fourth-order valence-corrected chi connectivity index (χ4v) is 5.70. The van der Waals surface area contributed by atoms with Crippen molar-refractivity contribution in [1.82, 2.24) is 14.7 Å². The average Bonchev–Trinajstić information content (AvgIpc) is 3.39. The van der Waals surface area contributed by atoms with Gasteiger partial charge >= 0.3 is 12.1 Å². The van der Waals surface area contributed by atoms with Gasteiger partial charge < -0.3 is 14.7 Å². The molecule has 2 N–H and O–H groups in total. The predicted octanol–water partition coefficient (Wildman–Crippen LogP) is 3.42. The Morgan fingerprint density at radius 1 is 1.11 bits per heavy atom. The fourth-order valence-electron chi connectivity index (χ4n) is 4.67. The lowest BCUT2D eigenvalue weighted by Crippen LogP contribution is -2.50. The van der Waals surface area contributed by atoms with Gasteiger partial charge in [0.1, 0.15) is 18.3 Å². The molecule has 10 heteroatoms. The Balaban J connectivity index is 1.26. The summed E-state index contributed by atoms with van der Waals surface area (Å²) >= 11 is 1.50. The van der Waals surface area contributed by atoms with Gasteiger partial charge in [-0.2, -0.15) is 16.9 Å². The Hall–Kier alpha value is -3.79. The van der Waals surface area contributed by atoms with Crippen LogP contribution in [0, 0.1) is 0 Å². The summed E-state index contributed by atoms with van der Waals surface area (Å²) in [6.07, 6.45) is -0.679. The van der Waals surface area contributed by atoms with Crippen molar-refractivity contribution in [3.05, 3.63) is 71.4 Å². The van der Waals surface area contributed by atoms with Gasteiger partial charge in [0, 0.05) is 37.1 Å². The maximum absolute atomic E-state index is 13.0. The maximum atomic E-state index is 13.0. The minimum atomic E-state index is -1.04. The summed E-state index contributed by atoms with van der Waals surface area (Å²) in [4.78, 5) is 38.5. The van der Waals surface area contributed by atoms with E-state index in [1.165, 1.54) is 27.4 Å². The maximum Gasteiger partial charge on any atom is 0.412 e. The number of carboxylic acid groups (broad SMARTS) is 1. The van der Waals surface area contributed by atoms with Crippen molar-refractivity contribution < 1.29 is 24.2 Å². The highest BCUT2D eigenvalue weighted by atomic mass is 32.2. The summed E-state index contributed by atoms with van der Waals surface area (Å²) in [5.41, 5.74) is 4.69. The van der Waals surface area contributed by atoms with Crippen LogP contribution in [0.2, 0.25) is 0 Å². The van der Waals surface area contributed by atoms with Gasteiger partial charge in [0.05, 0.1) is 0 Å². The molecular weight excluding hydrogens is 468 g/mol. The number of aryl methyl sites for hydroxylation is 1. The molecule has 1 aromatic heterocycles. The number of carbonyl (C=O) groups is 3. The number of nitrogens with one attached hydrogen (secondary N) is 1. The SMILES string of the molecule is Cn1nc(NC(=O)OCC2c3ccccc3-c3ccccc32)cc1C(=O)N1CCSCC1C(=O)O. The summed E-state index contributed by atoms with van der Waals surface area (Å²) in [6.45, 7) is 0.491. The van der Waals surface area contributed by atoms with Gasteiger partial charge in [-0.1, -0.05) is 48.5 Å². The molecule has 0 spiro atoms. The Kier molecular flexibility index (Phi) is 6.21. The van der Waals surface area contributed by atoms with Gasteiger partial charge in [-0.15, -0.1) is 0 Å². The third kappa shape index (κ3) is 4.37. The summed E-state index contributed by atoms with van der Waals surface area (Å²) < 4.78 is 6.88. The minimum absolute atomic E-state index is 0.0704. The number of anilines is 1. The molecule has 0 saturated carbocycles. The number of amides is 2. The number of aliphatic carboxylic acids is 1. The van der Waals surface area contributed by atoms with E-state index in [-0.39, 0.29) is 24.0 Å². The molecule has 1 saturated heterocycles. The molecule has 5 rings (SSSR count). The number of hydrogen-bond donors (Lipinski definition) is 2. The zero-order valence-corrected chi connectivity index (χ0v) is 19.8. The Bertz CT molecular complexity index is 1260. The molecule has 180 valence electrons. The average molecular weight is 493 g/mol. The second-order valence-corrected chi connectivity index (χ2v) is 9.57. The monoisotopic (exact) mass is 492 g/mol. The number of aromatic nitrogens is 2. The smallest absolute Gasteiger partial charge is 0.412 e. The van der Waals surface area contributed by atoms with Crippen LogP contribution in [0.4, 0.5) is 10.6 Å². The predicted molar refractivity (Wildman–Crippen MR) is 132 cm³/mol. The third-order valence-corrected chi connectivity index (χ3v) is 7.37. The zero-order valence-electron chi connectivity index (χ0n) is 19.0. The first-order valence-electron chi connectivity index (χ1n) is 11.2. The molecule has 1 fully saturated rings. The van der Waals surface area contributed by atoms with Gasteiger partial charge in [-0.05, 0) is 22.3 Å². The van der Waals surface area contributed by atoms with E-state index in [4.69, 9.17) is 4.74 Å². The van der Waals surface area contributed by atoms with Crippen LogP contribution >= 0.6 is 11.8 Å². The summed E-state index contributed by atoms with van der Waals surface area (Å²) in [6, 6.07) is 16.7. The molecule has 1 atom stereocenters. The number of fused-ring (bicyclic) bond motifs is 3. The van der Waals surface area contributed by atoms with E-state index in [9.17, 15) is 19.5 Å². The van der Waals surface area contributed by atoms with Crippen molar-refractivity contribution >= 4 is 35.5 Å². The molecule has 9 nitrogen and oxygen atoms in total. The number of nitrogens with zero attached hydrogens (tertiary/aromatic N) is 3. The normalized spacial score (nSPS) is 16.9. The van der Waals surface area contributed by atoms with Crippen LogP contribution in [0.5, 0.6) is 0 Å². The van der Waals surface area contributed by atoms with Gasteiger partial charge in [0.25, 0.3) is 5.91 Å². The van der Waals surface area contributed by atoms with E-state index in [1.54, 1.807) is 7.05 Å². The van der Waals surface area contributed by atoms with Crippen molar-refractivity contribution in [3.8, 4) is 11.1 Å². The Morgan fingerprint density at radius 2 is 1.77 bits per heavy atom.